The summed E-state index contributed by atoms with van der Waals surface area (Å²) in [6, 6.07) is 21.2. The molecule has 0 saturated heterocycles. The first-order valence-electron chi connectivity index (χ1n) is 17.7. The van der Waals surface area contributed by atoms with Crippen molar-refractivity contribution in [2.24, 2.45) is 11.8 Å². The highest BCUT2D eigenvalue weighted by Gasteiger charge is 2.53. The lowest BCUT2D eigenvalue weighted by Crippen LogP contribution is -2.70. The SMILES string of the molecule is CCCC(CCC)CCC(NC(=O)c1cccnc1)C(=O)N[C@@](C)(Cc1ccccc1)[C@@](C)(O)[C@H](O)[C@@H](CC)C(=O)NCc1ccccc1. The number of benzene rings is 2. The fourth-order valence-corrected chi connectivity index (χ4v) is 6.56. The van der Waals surface area contributed by atoms with E-state index in [2.05, 4.69) is 34.8 Å². The third kappa shape index (κ3) is 11.2. The topological polar surface area (TPSA) is 141 Å². The van der Waals surface area contributed by atoms with Gasteiger partial charge in [0.05, 0.1) is 23.1 Å². The maximum Gasteiger partial charge on any atom is 0.253 e. The first-order chi connectivity index (χ1) is 23.5. The van der Waals surface area contributed by atoms with Gasteiger partial charge in [0, 0.05) is 18.9 Å². The Balaban J connectivity index is 1.93. The van der Waals surface area contributed by atoms with Crippen LogP contribution in [0.1, 0.15) is 101 Å². The summed E-state index contributed by atoms with van der Waals surface area (Å²) in [5.41, 5.74) is -1.37. The Hall–Kier alpha value is -4.08. The number of hydrogen-bond donors (Lipinski definition) is 5. The van der Waals surface area contributed by atoms with Crippen LogP contribution in [0.15, 0.2) is 85.2 Å². The molecule has 0 radical (unpaired) electrons. The Morgan fingerprint density at radius 3 is 1.96 bits per heavy atom. The van der Waals surface area contributed by atoms with Gasteiger partial charge in [-0.25, -0.2) is 0 Å². The molecule has 0 spiro atoms. The molecule has 3 rings (SSSR count). The second kappa shape index (κ2) is 19.2. The molecule has 9 heteroatoms. The van der Waals surface area contributed by atoms with Gasteiger partial charge in [0.15, 0.2) is 0 Å². The Morgan fingerprint density at radius 2 is 1.41 bits per heavy atom. The van der Waals surface area contributed by atoms with Crippen LogP contribution in [0, 0.1) is 11.8 Å². The number of nitrogens with zero attached hydrogens (tertiary/aromatic N) is 1. The number of carbonyl (C=O) groups is 3. The molecule has 0 aliphatic heterocycles. The van der Waals surface area contributed by atoms with E-state index in [1.807, 2.05) is 60.7 Å². The molecule has 1 heterocycles. The summed E-state index contributed by atoms with van der Waals surface area (Å²) < 4.78 is 0. The number of rotatable bonds is 20. The first kappa shape index (κ1) is 39.4. The van der Waals surface area contributed by atoms with Crippen LogP contribution in [0.2, 0.25) is 0 Å². The molecule has 1 aromatic heterocycles. The summed E-state index contributed by atoms with van der Waals surface area (Å²) in [7, 11) is 0. The van der Waals surface area contributed by atoms with Gasteiger partial charge >= 0.3 is 0 Å². The van der Waals surface area contributed by atoms with Crippen LogP contribution in [-0.2, 0) is 22.6 Å². The molecule has 0 fully saturated rings. The third-order valence-corrected chi connectivity index (χ3v) is 9.76. The molecular formula is C40H56N4O5. The van der Waals surface area contributed by atoms with Gasteiger partial charge in [-0.15, -0.1) is 0 Å². The highest BCUT2D eigenvalue weighted by molar-refractivity contribution is 5.97. The second-order valence-electron chi connectivity index (χ2n) is 13.6. The highest BCUT2D eigenvalue weighted by atomic mass is 16.3. The number of carbonyl (C=O) groups excluding carboxylic acids is 3. The van der Waals surface area contributed by atoms with Gasteiger partial charge in [-0.1, -0.05) is 107 Å². The average Bonchev–Trinajstić information content (AvgIpc) is 3.10. The van der Waals surface area contributed by atoms with E-state index in [0.717, 1.165) is 43.2 Å². The number of amides is 3. The average molecular weight is 673 g/mol. The zero-order chi connectivity index (χ0) is 35.9. The number of aromatic nitrogens is 1. The van der Waals surface area contributed by atoms with Crippen LogP contribution in [0.3, 0.4) is 0 Å². The van der Waals surface area contributed by atoms with E-state index >= 15 is 0 Å². The number of pyridine rings is 1. The Bertz CT molecular complexity index is 1430. The normalized spacial score (nSPS) is 15.7. The lowest BCUT2D eigenvalue weighted by Gasteiger charge is -2.48. The predicted molar refractivity (Wildman–Crippen MR) is 193 cm³/mol. The number of nitrogens with one attached hydrogen (secondary N) is 3. The van der Waals surface area contributed by atoms with E-state index < -0.39 is 46.9 Å². The minimum absolute atomic E-state index is 0.156. The van der Waals surface area contributed by atoms with Crippen LogP contribution in [0.4, 0.5) is 0 Å². The molecule has 5 atom stereocenters. The largest absolute Gasteiger partial charge is 0.389 e. The van der Waals surface area contributed by atoms with Gasteiger partial charge in [0.2, 0.25) is 11.8 Å². The van der Waals surface area contributed by atoms with Gasteiger partial charge < -0.3 is 26.2 Å². The lowest BCUT2D eigenvalue weighted by molar-refractivity contribution is -0.159. The summed E-state index contributed by atoms with van der Waals surface area (Å²) in [5, 5.41) is 33.0. The molecule has 2 aromatic carbocycles. The van der Waals surface area contributed by atoms with E-state index in [-0.39, 0.29) is 19.4 Å². The zero-order valence-electron chi connectivity index (χ0n) is 29.8. The Labute approximate surface area is 292 Å². The van der Waals surface area contributed by atoms with Crippen LogP contribution >= 0.6 is 0 Å². The maximum absolute atomic E-state index is 14.3. The summed E-state index contributed by atoms with van der Waals surface area (Å²) in [4.78, 5) is 45.1. The van der Waals surface area contributed by atoms with Crippen molar-refractivity contribution in [2.45, 2.75) is 116 Å². The number of aliphatic hydroxyl groups is 2. The van der Waals surface area contributed by atoms with Crippen molar-refractivity contribution in [2.75, 3.05) is 0 Å². The Morgan fingerprint density at radius 1 is 0.796 bits per heavy atom. The molecule has 5 N–H and O–H groups in total. The smallest absolute Gasteiger partial charge is 0.253 e. The third-order valence-electron chi connectivity index (χ3n) is 9.76. The first-order valence-corrected chi connectivity index (χ1v) is 17.7. The monoisotopic (exact) mass is 672 g/mol. The minimum atomic E-state index is -1.98. The van der Waals surface area contributed by atoms with Crippen LogP contribution < -0.4 is 16.0 Å². The van der Waals surface area contributed by atoms with E-state index in [1.165, 1.54) is 13.1 Å². The van der Waals surface area contributed by atoms with Crippen molar-refractivity contribution in [3.8, 4) is 0 Å². The van der Waals surface area contributed by atoms with Gasteiger partial charge in [-0.3, -0.25) is 19.4 Å². The summed E-state index contributed by atoms with van der Waals surface area (Å²) in [6.45, 7) is 9.50. The molecule has 1 unspecified atom stereocenters. The van der Waals surface area contributed by atoms with E-state index in [4.69, 9.17) is 0 Å². The molecule has 9 nitrogen and oxygen atoms in total. The van der Waals surface area contributed by atoms with Crippen LogP contribution in [-0.4, -0.2) is 56.2 Å². The summed E-state index contributed by atoms with van der Waals surface area (Å²) >= 11 is 0. The summed E-state index contributed by atoms with van der Waals surface area (Å²) in [5.74, 6) is -1.85. The van der Waals surface area contributed by atoms with Crippen molar-refractivity contribution in [3.63, 3.8) is 0 Å². The maximum atomic E-state index is 14.3. The standard InChI is InChI=1S/C40H56N4O5/c1-6-16-29(17-7-2)23-24-34(43-36(46)32-22-15-25-41-28-32)38(48)44-39(4,26-30-18-11-9-12-19-30)40(5,49)35(45)33(8-3)37(47)42-27-31-20-13-10-14-21-31/h9-15,18-22,25,28-29,33-35,45,49H,6-8,16-17,23-24,26-27H2,1-5H3,(H,42,47)(H,43,46)(H,44,48)/t33-,34?,35-,39+,40+/m1/s1. The number of hydrogen-bond acceptors (Lipinski definition) is 6. The van der Waals surface area contributed by atoms with Crippen molar-refractivity contribution >= 4 is 17.7 Å². The van der Waals surface area contributed by atoms with Gasteiger partial charge in [-0.05, 0) is 68.7 Å². The molecule has 49 heavy (non-hydrogen) atoms. The zero-order valence-corrected chi connectivity index (χ0v) is 29.8. The highest BCUT2D eigenvalue weighted by Crippen LogP contribution is 2.34. The van der Waals surface area contributed by atoms with Crippen LogP contribution in [0.25, 0.3) is 0 Å². The molecule has 3 amide bonds. The molecule has 0 saturated carbocycles. The minimum Gasteiger partial charge on any atom is -0.389 e. The summed E-state index contributed by atoms with van der Waals surface area (Å²) in [6.07, 6.45) is 7.14. The van der Waals surface area contributed by atoms with Crippen molar-refractivity contribution < 1.29 is 24.6 Å². The van der Waals surface area contributed by atoms with Gasteiger partial charge in [-0.2, -0.15) is 0 Å². The van der Waals surface area contributed by atoms with E-state index in [1.54, 1.807) is 32.2 Å². The van der Waals surface area contributed by atoms with E-state index in [9.17, 15) is 24.6 Å². The molecule has 266 valence electrons. The van der Waals surface area contributed by atoms with Crippen LogP contribution in [0.5, 0.6) is 0 Å². The molecule has 0 bridgehead atoms. The lowest BCUT2D eigenvalue weighted by atomic mass is 9.70. The Kier molecular flexibility index (Phi) is 15.4. The molecule has 0 aliphatic carbocycles. The van der Waals surface area contributed by atoms with Gasteiger partial charge in [0.1, 0.15) is 11.6 Å². The van der Waals surface area contributed by atoms with E-state index in [0.29, 0.717) is 17.9 Å². The molecular weight excluding hydrogens is 616 g/mol. The van der Waals surface area contributed by atoms with Crippen molar-refractivity contribution in [1.29, 1.82) is 0 Å². The molecule has 3 aromatic rings. The van der Waals surface area contributed by atoms with Crippen molar-refractivity contribution in [3.05, 3.63) is 102 Å². The molecule has 0 aliphatic rings. The van der Waals surface area contributed by atoms with Gasteiger partial charge in [0.25, 0.3) is 5.91 Å². The number of aliphatic hydroxyl groups excluding tert-OH is 1. The fourth-order valence-electron chi connectivity index (χ4n) is 6.56. The second-order valence-corrected chi connectivity index (χ2v) is 13.6. The predicted octanol–water partition coefficient (Wildman–Crippen LogP) is 5.75. The quantitative estimate of drug-likeness (QED) is 0.104. The van der Waals surface area contributed by atoms with Crippen molar-refractivity contribution in [1.82, 2.24) is 20.9 Å². The fraction of sp³-hybridized carbons (Fsp3) is 0.500.